The fourth-order valence-electron chi connectivity index (χ4n) is 1.37. The molecule has 0 atom stereocenters. The zero-order valence-corrected chi connectivity index (χ0v) is 14.9. The first-order valence-corrected chi connectivity index (χ1v) is 8.76. The number of aromatic amines is 2. The molecule has 0 unspecified atom stereocenters. The largest absolute Gasteiger partial charge is 0.491 e. The quantitative estimate of drug-likeness (QED) is 0.470. The molecule has 0 aliphatic heterocycles. The molecule has 2 rings (SSSR count). The molecule has 102 valence electrons. The maximum absolute atomic E-state index is 10.8. The van der Waals surface area contributed by atoms with E-state index in [1.54, 1.807) is 11.8 Å². The highest BCUT2D eigenvalue weighted by molar-refractivity contribution is 14.1. The van der Waals surface area contributed by atoms with Crippen LogP contribution in [0.4, 0.5) is 0 Å². The molecule has 5 nitrogen and oxygen atoms in total. The molecule has 2 aromatic rings. The highest BCUT2D eigenvalue weighted by Crippen LogP contribution is 2.27. The van der Waals surface area contributed by atoms with Crippen LogP contribution < -0.4 is 10.4 Å². The van der Waals surface area contributed by atoms with E-state index in [9.17, 15) is 4.79 Å². The lowest BCUT2D eigenvalue weighted by Crippen LogP contribution is -2.04. The Labute approximate surface area is 141 Å². The van der Waals surface area contributed by atoms with E-state index in [0.29, 0.717) is 18.2 Å². The molecule has 0 saturated carbocycles. The summed E-state index contributed by atoms with van der Waals surface area (Å²) < 4.78 is 8.01. The van der Waals surface area contributed by atoms with Gasteiger partial charge in [-0.2, -0.15) is 16.9 Å². The standard InChI is InChI=1S/C11H11I2N3O2S/c12-7-2-1-3-8(13)10(7)18-4-5-19-6-9-14-11(17)16-15-9/h1-3H,4-6H2,(H2,14,15,16,17). The molecule has 1 aromatic heterocycles. The minimum absolute atomic E-state index is 0.264. The van der Waals surface area contributed by atoms with Crippen molar-refractivity contribution in [3.8, 4) is 5.75 Å². The predicted molar refractivity (Wildman–Crippen MR) is 92.7 cm³/mol. The molecule has 0 radical (unpaired) electrons. The molecule has 0 aliphatic carbocycles. The van der Waals surface area contributed by atoms with Gasteiger partial charge < -0.3 is 4.74 Å². The van der Waals surface area contributed by atoms with Gasteiger partial charge in [-0.25, -0.2) is 9.89 Å². The Balaban J connectivity index is 1.74. The third-order valence-corrected chi connectivity index (χ3v) is 4.81. The Hall–Kier alpha value is -0.230. The summed E-state index contributed by atoms with van der Waals surface area (Å²) in [7, 11) is 0. The van der Waals surface area contributed by atoms with Crippen molar-refractivity contribution in [3.63, 3.8) is 0 Å². The third kappa shape index (κ3) is 4.67. The fourth-order valence-corrected chi connectivity index (χ4v) is 3.86. The molecular formula is C11H11I2N3O2S. The highest BCUT2D eigenvalue weighted by atomic mass is 127. The van der Waals surface area contributed by atoms with Gasteiger partial charge in [0.05, 0.1) is 19.5 Å². The second-order valence-electron chi connectivity index (χ2n) is 3.58. The van der Waals surface area contributed by atoms with E-state index in [4.69, 9.17) is 4.74 Å². The summed E-state index contributed by atoms with van der Waals surface area (Å²) in [6.07, 6.45) is 0. The number of benzene rings is 1. The number of H-pyrrole nitrogens is 2. The average molecular weight is 503 g/mol. The van der Waals surface area contributed by atoms with E-state index in [-0.39, 0.29) is 5.69 Å². The van der Waals surface area contributed by atoms with Crippen molar-refractivity contribution >= 4 is 56.9 Å². The van der Waals surface area contributed by atoms with Crippen LogP contribution in [0.3, 0.4) is 0 Å². The first-order chi connectivity index (χ1) is 9.16. The van der Waals surface area contributed by atoms with E-state index in [0.717, 1.165) is 18.6 Å². The summed E-state index contributed by atoms with van der Waals surface area (Å²) in [4.78, 5) is 13.4. The van der Waals surface area contributed by atoms with Crippen molar-refractivity contribution in [2.75, 3.05) is 12.4 Å². The molecule has 19 heavy (non-hydrogen) atoms. The number of halogens is 2. The first kappa shape index (κ1) is 15.2. The van der Waals surface area contributed by atoms with Crippen LogP contribution in [0.15, 0.2) is 23.0 Å². The number of nitrogens with one attached hydrogen (secondary N) is 2. The summed E-state index contributed by atoms with van der Waals surface area (Å²) in [5, 5.41) is 6.19. The normalized spacial score (nSPS) is 10.6. The lowest BCUT2D eigenvalue weighted by atomic mass is 10.3. The molecule has 0 amide bonds. The zero-order valence-electron chi connectivity index (χ0n) is 9.78. The summed E-state index contributed by atoms with van der Waals surface area (Å²) in [6, 6.07) is 6.07. The minimum Gasteiger partial charge on any atom is -0.491 e. The van der Waals surface area contributed by atoms with Gasteiger partial charge in [0.2, 0.25) is 0 Å². The maximum Gasteiger partial charge on any atom is 0.340 e. The van der Waals surface area contributed by atoms with E-state index in [1.807, 2.05) is 18.2 Å². The van der Waals surface area contributed by atoms with Gasteiger partial charge in [0.15, 0.2) is 0 Å². The summed E-state index contributed by atoms with van der Waals surface area (Å²) in [6.45, 7) is 0.634. The van der Waals surface area contributed by atoms with Crippen LogP contribution >= 0.6 is 56.9 Å². The Kier molecular flexibility index (Phi) is 6.01. The third-order valence-electron chi connectivity index (χ3n) is 2.18. The smallest absolute Gasteiger partial charge is 0.340 e. The molecule has 1 heterocycles. The van der Waals surface area contributed by atoms with Crippen molar-refractivity contribution in [2.45, 2.75) is 5.75 Å². The first-order valence-electron chi connectivity index (χ1n) is 5.45. The second kappa shape index (κ2) is 7.53. The van der Waals surface area contributed by atoms with Gasteiger partial charge in [-0.15, -0.1) is 0 Å². The second-order valence-corrected chi connectivity index (χ2v) is 7.01. The number of thioether (sulfide) groups is 1. The van der Waals surface area contributed by atoms with Crippen LogP contribution in [-0.2, 0) is 5.75 Å². The molecule has 1 aromatic carbocycles. The highest BCUT2D eigenvalue weighted by Gasteiger charge is 2.05. The number of rotatable bonds is 6. The van der Waals surface area contributed by atoms with Crippen molar-refractivity contribution < 1.29 is 4.74 Å². The van der Waals surface area contributed by atoms with Gasteiger partial charge in [0, 0.05) is 5.75 Å². The van der Waals surface area contributed by atoms with Crippen molar-refractivity contribution in [3.05, 3.63) is 41.6 Å². The molecule has 8 heteroatoms. The van der Waals surface area contributed by atoms with Crippen LogP contribution in [0, 0.1) is 7.14 Å². The van der Waals surface area contributed by atoms with Crippen molar-refractivity contribution in [1.82, 2.24) is 15.2 Å². The predicted octanol–water partition coefficient (Wildman–Crippen LogP) is 2.62. The SMILES string of the molecule is O=c1[nH]nc(CSCCOc2c(I)cccc2I)[nH]1. The lowest BCUT2D eigenvalue weighted by molar-refractivity contribution is 0.339. The molecule has 0 saturated heterocycles. The Morgan fingerprint density at radius 2 is 2.05 bits per heavy atom. The van der Waals surface area contributed by atoms with Crippen LogP contribution in [0.25, 0.3) is 0 Å². The van der Waals surface area contributed by atoms with Gasteiger partial charge in [0.25, 0.3) is 0 Å². The monoisotopic (exact) mass is 503 g/mol. The number of aromatic nitrogens is 3. The molecule has 2 N–H and O–H groups in total. The zero-order chi connectivity index (χ0) is 13.7. The fraction of sp³-hybridized carbons (Fsp3) is 0.273. The summed E-state index contributed by atoms with van der Waals surface area (Å²) >= 11 is 6.21. The van der Waals surface area contributed by atoms with Crippen molar-refractivity contribution in [1.29, 1.82) is 0 Å². The lowest BCUT2D eigenvalue weighted by Gasteiger charge is -2.09. The summed E-state index contributed by atoms with van der Waals surface area (Å²) in [5.74, 6) is 3.12. The molecular weight excluding hydrogens is 492 g/mol. The molecule has 0 fully saturated rings. The number of hydrogen-bond acceptors (Lipinski definition) is 4. The number of hydrogen-bond donors (Lipinski definition) is 2. The number of nitrogens with zero attached hydrogens (tertiary/aromatic N) is 1. The Morgan fingerprint density at radius 3 is 2.68 bits per heavy atom. The number of ether oxygens (including phenoxy) is 1. The van der Waals surface area contributed by atoms with Gasteiger partial charge >= 0.3 is 5.69 Å². The van der Waals surface area contributed by atoms with E-state index in [2.05, 4.69) is 60.4 Å². The van der Waals surface area contributed by atoms with Gasteiger partial charge in [0.1, 0.15) is 11.6 Å². The minimum atomic E-state index is -0.264. The van der Waals surface area contributed by atoms with Crippen LogP contribution in [0.1, 0.15) is 5.82 Å². The Morgan fingerprint density at radius 1 is 1.32 bits per heavy atom. The molecule has 0 aliphatic rings. The number of para-hydroxylation sites is 1. The van der Waals surface area contributed by atoms with Crippen LogP contribution in [0.2, 0.25) is 0 Å². The molecule has 0 bridgehead atoms. The average Bonchev–Trinajstić information content (AvgIpc) is 2.78. The topological polar surface area (TPSA) is 70.8 Å². The van der Waals surface area contributed by atoms with Gasteiger partial charge in [-0.1, -0.05) is 6.07 Å². The van der Waals surface area contributed by atoms with E-state index in [1.165, 1.54) is 0 Å². The van der Waals surface area contributed by atoms with Gasteiger partial charge in [-0.05, 0) is 57.3 Å². The van der Waals surface area contributed by atoms with Crippen LogP contribution in [-0.4, -0.2) is 27.5 Å². The van der Waals surface area contributed by atoms with Crippen LogP contribution in [0.5, 0.6) is 5.75 Å². The van der Waals surface area contributed by atoms with Gasteiger partial charge in [-0.3, -0.25) is 4.98 Å². The van der Waals surface area contributed by atoms with E-state index < -0.39 is 0 Å². The summed E-state index contributed by atoms with van der Waals surface area (Å²) in [5.41, 5.74) is -0.264. The Bertz CT molecular complexity index is 579. The maximum atomic E-state index is 10.8. The van der Waals surface area contributed by atoms with Crippen molar-refractivity contribution in [2.24, 2.45) is 0 Å². The molecule has 0 spiro atoms. The van der Waals surface area contributed by atoms with E-state index >= 15 is 0 Å².